The number of carbonyl (C=O) groups excluding carboxylic acids is 2. The summed E-state index contributed by atoms with van der Waals surface area (Å²) in [4.78, 5) is 29.1. The zero-order chi connectivity index (χ0) is 18.1. The molecule has 2 heterocycles. The van der Waals surface area contributed by atoms with Gasteiger partial charge in [-0.15, -0.1) is 0 Å². The normalized spacial score (nSPS) is 19.0. The van der Waals surface area contributed by atoms with Crippen LogP contribution in [0.15, 0.2) is 48.5 Å². The molecule has 1 amide bonds. The van der Waals surface area contributed by atoms with Crippen LogP contribution in [0.25, 0.3) is 0 Å². The van der Waals surface area contributed by atoms with Crippen molar-refractivity contribution in [1.82, 2.24) is 4.90 Å². The van der Waals surface area contributed by atoms with Crippen molar-refractivity contribution >= 4 is 17.6 Å². The first kappa shape index (κ1) is 16.8. The summed E-state index contributed by atoms with van der Waals surface area (Å²) in [5.41, 5.74) is 4.51. The highest BCUT2D eigenvalue weighted by Crippen LogP contribution is 2.29. The minimum absolute atomic E-state index is 0.0308. The molecule has 0 aliphatic carbocycles. The third-order valence-electron chi connectivity index (χ3n) is 5.35. The average molecular weight is 350 g/mol. The van der Waals surface area contributed by atoms with Crippen molar-refractivity contribution in [1.29, 1.82) is 0 Å². The molecule has 0 aromatic heterocycles. The number of hydrogen-bond donors (Lipinski definition) is 0. The van der Waals surface area contributed by atoms with E-state index in [2.05, 4.69) is 12.1 Å². The summed E-state index contributed by atoms with van der Waals surface area (Å²) in [6, 6.07) is 15.7. The average Bonchev–Trinajstić information content (AvgIpc) is 3.11. The molecule has 2 aliphatic rings. The van der Waals surface area contributed by atoms with Gasteiger partial charge in [-0.05, 0) is 35.6 Å². The van der Waals surface area contributed by atoms with Gasteiger partial charge in [0.2, 0.25) is 5.91 Å². The van der Waals surface area contributed by atoms with Crippen molar-refractivity contribution < 1.29 is 14.3 Å². The highest BCUT2D eigenvalue weighted by Gasteiger charge is 2.35. The SMILES string of the molecule is COC(=O)[C@H]1Cc2ccccc2CN1CC(=O)N1CCc2ccccc21. The van der Waals surface area contributed by atoms with Crippen LogP contribution in [-0.4, -0.2) is 43.0 Å². The predicted octanol–water partition coefficient (Wildman–Crippen LogP) is 2.18. The maximum atomic E-state index is 13.0. The number of amides is 1. The van der Waals surface area contributed by atoms with E-state index in [9.17, 15) is 9.59 Å². The molecule has 5 nitrogen and oxygen atoms in total. The van der Waals surface area contributed by atoms with Crippen molar-refractivity contribution in [3.05, 3.63) is 65.2 Å². The number of benzene rings is 2. The van der Waals surface area contributed by atoms with E-state index in [1.807, 2.05) is 46.2 Å². The minimum atomic E-state index is -0.420. The molecule has 1 atom stereocenters. The molecular formula is C21H22N2O3. The van der Waals surface area contributed by atoms with E-state index >= 15 is 0 Å². The van der Waals surface area contributed by atoms with Crippen LogP contribution in [0.1, 0.15) is 16.7 Å². The number of anilines is 1. The molecule has 2 aromatic carbocycles. The summed E-state index contributed by atoms with van der Waals surface area (Å²) < 4.78 is 4.99. The molecule has 26 heavy (non-hydrogen) atoms. The lowest BCUT2D eigenvalue weighted by Crippen LogP contribution is -2.50. The first-order valence-corrected chi connectivity index (χ1v) is 8.94. The van der Waals surface area contributed by atoms with Gasteiger partial charge in [-0.3, -0.25) is 14.5 Å². The highest BCUT2D eigenvalue weighted by atomic mass is 16.5. The van der Waals surface area contributed by atoms with Crippen LogP contribution in [0, 0.1) is 0 Å². The second-order valence-corrected chi connectivity index (χ2v) is 6.84. The van der Waals surface area contributed by atoms with Crippen LogP contribution in [0.5, 0.6) is 0 Å². The van der Waals surface area contributed by atoms with Crippen molar-refractivity contribution in [3.63, 3.8) is 0 Å². The van der Waals surface area contributed by atoms with Gasteiger partial charge in [-0.2, -0.15) is 0 Å². The monoisotopic (exact) mass is 350 g/mol. The van der Waals surface area contributed by atoms with Gasteiger partial charge in [-0.1, -0.05) is 42.5 Å². The van der Waals surface area contributed by atoms with Crippen molar-refractivity contribution in [2.75, 3.05) is 25.1 Å². The Morgan fingerprint density at radius 1 is 1.04 bits per heavy atom. The largest absolute Gasteiger partial charge is 0.468 e. The topological polar surface area (TPSA) is 49.9 Å². The Morgan fingerprint density at radius 2 is 1.73 bits per heavy atom. The predicted molar refractivity (Wildman–Crippen MR) is 98.9 cm³/mol. The lowest BCUT2D eigenvalue weighted by molar-refractivity contribution is -0.148. The second kappa shape index (κ2) is 6.92. The molecule has 0 N–H and O–H groups in total. The molecule has 0 radical (unpaired) electrons. The van der Waals surface area contributed by atoms with Gasteiger partial charge in [0, 0.05) is 18.8 Å². The molecule has 4 rings (SSSR count). The summed E-state index contributed by atoms with van der Waals surface area (Å²) in [5.74, 6) is -0.252. The number of rotatable bonds is 3. The van der Waals surface area contributed by atoms with E-state index in [-0.39, 0.29) is 18.4 Å². The molecule has 0 unspecified atom stereocenters. The Kier molecular flexibility index (Phi) is 4.47. The zero-order valence-electron chi connectivity index (χ0n) is 14.9. The van der Waals surface area contributed by atoms with Gasteiger partial charge in [0.25, 0.3) is 0 Å². The number of ether oxygens (including phenoxy) is 1. The van der Waals surface area contributed by atoms with E-state index in [4.69, 9.17) is 4.74 Å². The van der Waals surface area contributed by atoms with E-state index in [0.29, 0.717) is 19.5 Å². The van der Waals surface area contributed by atoms with Crippen molar-refractivity contribution in [3.8, 4) is 0 Å². The van der Waals surface area contributed by atoms with Crippen molar-refractivity contribution in [2.45, 2.75) is 25.4 Å². The van der Waals surface area contributed by atoms with Crippen LogP contribution < -0.4 is 4.90 Å². The van der Waals surface area contributed by atoms with Crippen LogP contribution in [-0.2, 0) is 33.7 Å². The Hall–Kier alpha value is -2.66. The fourth-order valence-electron chi connectivity index (χ4n) is 3.97. The lowest BCUT2D eigenvalue weighted by atomic mass is 9.94. The molecule has 0 fully saturated rings. The summed E-state index contributed by atoms with van der Waals surface area (Å²) in [6.45, 7) is 1.49. The zero-order valence-corrected chi connectivity index (χ0v) is 14.9. The molecule has 0 bridgehead atoms. The summed E-state index contributed by atoms with van der Waals surface area (Å²) in [6.07, 6.45) is 1.46. The molecule has 2 aromatic rings. The second-order valence-electron chi connectivity index (χ2n) is 6.84. The van der Waals surface area contributed by atoms with Gasteiger partial charge >= 0.3 is 5.97 Å². The fourth-order valence-corrected chi connectivity index (χ4v) is 3.97. The third-order valence-corrected chi connectivity index (χ3v) is 5.35. The van der Waals surface area contributed by atoms with E-state index < -0.39 is 6.04 Å². The first-order chi connectivity index (χ1) is 12.7. The smallest absolute Gasteiger partial charge is 0.323 e. The van der Waals surface area contributed by atoms with Crippen LogP contribution in [0.3, 0.4) is 0 Å². The van der Waals surface area contributed by atoms with Crippen molar-refractivity contribution in [2.24, 2.45) is 0 Å². The number of para-hydroxylation sites is 1. The summed E-state index contributed by atoms with van der Waals surface area (Å²) in [7, 11) is 1.40. The number of nitrogens with zero attached hydrogens (tertiary/aromatic N) is 2. The molecule has 0 saturated heterocycles. The highest BCUT2D eigenvalue weighted by molar-refractivity contribution is 5.97. The van der Waals surface area contributed by atoms with Gasteiger partial charge in [0.1, 0.15) is 6.04 Å². The molecule has 0 saturated carbocycles. The fraction of sp³-hybridized carbons (Fsp3) is 0.333. The van der Waals surface area contributed by atoms with Gasteiger partial charge in [-0.25, -0.2) is 0 Å². The van der Waals surface area contributed by atoms with Gasteiger partial charge in [0.15, 0.2) is 0 Å². The standard InChI is InChI=1S/C21H22N2O3/c1-26-21(25)19-12-16-7-2-3-8-17(16)13-22(19)14-20(24)23-11-10-15-6-4-5-9-18(15)23/h2-9,19H,10-14H2,1H3/t19-/m1/s1. The van der Waals surface area contributed by atoms with E-state index in [1.54, 1.807) is 0 Å². The van der Waals surface area contributed by atoms with Gasteiger partial charge in [0.05, 0.1) is 13.7 Å². The Bertz CT molecular complexity index is 849. The maximum Gasteiger partial charge on any atom is 0.323 e. The van der Waals surface area contributed by atoms with Crippen LogP contribution in [0.4, 0.5) is 5.69 Å². The maximum absolute atomic E-state index is 13.0. The molecule has 134 valence electrons. The molecule has 5 heteroatoms. The number of methoxy groups -OCH3 is 1. The number of hydrogen-bond acceptors (Lipinski definition) is 4. The van der Waals surface area contributed by atoms with E-state index in [1.165, 1.54) is 18.2 Å². The van der Waals surface area contributed by atoms with Crippen LogP contribution in [0.2, 0.25) is 0 Å². The van der Waals surface area contributed by atoms with Crippen LogP contribution >= 0.6 is 0 Å². The van der Waals surface area contributed by atoms with Gasteiger partial charge < -0.3 is 9.64 Å². The molecule has 2 aliphatic heterocycles. The van der Waals surface area contributed by atoms with E-state index in [0.717, 1.165) is 17.7 Å². The Balaban J connectivity index is 1.56. The third kappa shape index (κ3) is 2.99. The minimum Gasteiger partial charge on any atom is -0.468 e. The molecule has 0 spiro atoms. The first-order valence-electron chi connectivity index (χ1n) is 8.94. The lowest BCUT2D eigenvalue weighted by Gasteiger charge is -2.35. The summed E-state index contributed by atoms with van der Waals surface area (Å²) in [5, 5.41) is 0. The number of carbonyl (C=O) groups is 2. The number of esters is 1. The Morgan fingerprint density at radius 3 is 2.50 bits per heavy atom. The quantitative estimate of drug-likeness (QED) is 0.796. The molecular weight excluding hydrogens is 328 g/mol. The Labute approximate surface area is 153 Å². The summed E-state index contributed by atoms with van der Waals surface area (Å²) >= 11 is 0. The number of fused-ring (bicyclic) bond motifs is 2.